The van der Waals surface area contributed by atoms with E-state index in [1.54, 1.807) is 0 Å². The van der Waals surface area contributed by atoms with Crippen LogP contribution in [0.4, 0.5) is 14.5 Å². The lowest BCUT2D eigenvalue weighted by Crippen LogP contribution is -2.26. The molecule has 1 amide bonds. The quantitative estimate of drug-likeness (QED) is 0.421. The molecule has 0 unspecified atom stereocenters. The van der Waals surface area contributed by atoms with E-state index in [9.17, 15) is 13.6 Å². The highest BCUT2D eigenvalue weighted by Gasteiger charge is 2.30. The summed E-state index contributed by atoms with van der Waals surface area (Å²) in [5.41, 5.74) is 1.06. The monoisotopic (exact) mass is 424 g/mol. The number of fused-ring (bicyclic) bond motifs is 1. The van der Waals surface area contributed by atoms with Gasteiger partial charge in [-0.25, -0.2) is 13.8 Å². The van der Waals surface area contributed by atoms with Crippen molar-refractivity contribution in [3.05, 3.63) is 47.0 Å². The molecular weight excluding hydrogens is 420 g/mol. The highest BCUT2D eigenvalue weighted by molar-refractivity contribution is 6.76. The van der Waals surface area contributed by atoms with Gasteiger partial charge in [0.15, 0.2) is 17.2 Å². The molecule has 0 aliphatic rings. The average molecular weight is 426 g/mol. The van der Waals surface area contributed by atoms with Crippen LogP contribution in [-0.2, 0) is 4.79 Å². The predicted molar refractivity (Wildman–Crippen MR) is 93.3 cm³/mol. The van der Waals surface area contributed by atoms with E-state index in [2.05, 4.69) is 10.3 Å². The summed E-state index contributed by atoms with van der Waals surface area (Å²) >= 11 is 22.4. The molecule has 130 valence electrons. The van der Waals surface area contributed by atoms with E-state index in [0.717, 1.165) is 12.1 Å². The first-order valence-corrected chi connectivity index (χ1v) is 8.10. The number of carbonyl (C=O) groups is 1. The average Bonchev–Trinajstić information content (AvgIpc) is 2.92. The van der Waals surface area contributed by atoms with Crippen LogP contribution in [0.1, 0.15) is 0 Å². The van der Waals surface area contributed by atoms with Gasteiger partial charge in [0.05, 0.1) is 10.6 Å². The fourth-order valence-corrected chi connectivity index (χ4v) is 2.38. The van der Waals surface area contributed by atoms with Gasteiger partial charge >= 0.3 is 0 Å². The molecule has 25 heavy (non-hydrogen) atoms. The Morgan fingerprint density at radius 2 is 1.80 bits per heavy atom. The van der Waals surface area contributed by atoms with Crippen LogP contribution in [0.25, 0.3) is 22.6 Å². The molecule has 0 aliphatic carbocycles. The van der Waals surface area contributed by atoms with Crippen molar-refractivity contribution in [2.45, 2.75) is 3.79 Å². The number of rotatable bonds is 2. The van der Waals surface area contributed by atoms with Crippen LogP contribution >= 0.6 is 46.4 Å². The number of carbonyl (C=O) groups excluding carboxylic acids is 1. The molecule has 10 heteroatoms. The molecule has 0 saturated carbocycles. The van der Waals surface area contributed by atoms with Crippen LogP contribution in [-0.4, -0.2) is 14.7 Å². The Morgan fingerprint density at radius 3 is 2.48 bits per heavy atom. The Hall–Kier alpha value is -1.60. The second-order valence-electron chi connectivity index (χ2n) is 4.90. The van der Waals surface area contributed by atoms with Gasteiger partial charge in [-0.1, -0.05) is 46.4 Å². The summed E-state index contributed by atoms with van der Waals surface area (Å²) in [7, 11) is 0. The lowest BCUT2D eigenvalue weighted by atomic mass is 10.2. The van der Waals surface area contributed by atoms with Gasteiger partial charge in [-0.2, -0.15) is 0 Å². The maximum Gasteiger partial charge on any atom is 0.276 e. The lowest BCUT2D eigenvalue weighted by molar-refractivity contribution is -0.115. The molecule has 0 atom stereocenters. The number of amides is 1. The van der Waals surface area contributed by atoms with E-state index < -0.39 is 21.3 Å². The SMILES string of the molecule is O=C(Nc1ccc2oc(-c3cc(F)c(F)cc3Cl)nc2c1)C(Cl)(Cl)Cl. The minimum absolute atomic E-state index is 0.0104. The minimum atomic E-state index is -2.12. The second-order valence-corrected chi connectivity index (χ2v) is 7.59. The Balaban J connectivity index is 1.99. The molecule has 0 fully saturated rings. The van der Waals surface area contributed by atoms with Crippen molar-refractivity contribution in [2.75, 3.05) is 5.32 Å². The van der Waals surface area contributed by atoms with E-state index in [4.69, 9.17) is 50.8 Å². The second kappa shape index (κ2) is 6.61. The van der Waals surface area contributed by atoms with Crippen LogP contribution in [0, 0.1) is 11.6 Å². The van der Waals surface area contributed by atoms with Crippen molar-refractivity contribution in [3.63, 3.8) is 0 Å². The molecule has 0 spiro atoms. The van der Waals surface area contributed by atoms with Crippen molar-refractivity contribution < 1.29 is 18.0 Å². The van der Waals surface area contributed by atoms with Gasteiger partial charge < -0.3 is 9.73 Å². The normalized spacial score (nSPS) is 11.8. The Kier molecular flexibility index (Phi) is 4.81. The molecule has 2 aromatic carbocycles. The molecule has 0 radical (unpaired) electrons. The Morgan fingerprint density at radius 1 is 1.12 bits per heavy atom. The van der Waals surface area contributed by atoms with Gasteiger partial charge in [-0.3, -0.25) is 4.79 Å². The molecule has 1 N–H and O–H groups in total. The fraction of sp³-hybridized carbons (Fsp3) is 0.0667. The maximum atomic E-state index is 13.4. The first-order valence-electron chi connectivity index (χ1n) is 6.59. The van der Waals surface area contributed by atoms with E-state index in [1.807, 2.05) is 0 Å². The molecule has 0 saturated heterocycles. The number of oxazole rings is 1. The molecule has 0 aliphatic heterocycles. The van der Waals surface area contributed by atoms with Crippen molar-refractivity contribution in [1.29, 1.82) is 0 Å². The van der Waals surface area contributed by atoms with Crippen molar-refractivity contribution in [3.8, 4) is 11.5 Å². The zero-order valence-electron chi connectivity index (χ0n) is 11.9. The number of hydrogen-bond acceptors (Lipinski definition) is 3. The van der Waals surface area contributed by atoms with Gasteiger partial charge in [0.1, 0.15) is 5.52 Å². The smallest absolute Gasteiger partial charge is 0.276 e. The summed E-state index contributed by atoms with van der Waals surface area (Å²) in [6, 6.07) is 6.18. The van der Waals surface area contributed by atoms with E-state index in [0.29, 0.717) is 16.8 Å². The molecule has 1 heterocycles. The summed E-state index contributed by atoms with van der Waals surface area (Å²) in [6.45, 7) is 0. The minimum Gasteiger partial charge on any atom is -0.436 e. The van der Waals surface area contributed by atoms with Gasteiger partial charge in [0, 0.05) is 5.69 Å². The highest BCUT2D eigenvalue weighted by atomic mass is 35.6. The fourth-order valence-electron chi connectivity index (χ4n) is 2.01. The largest absolute Gasteiger partial charge is 0.436 e. The number of alkyl halides is 3. The maximum absolute atomic E-state index is 13.4. The first-order chi connectivity index (χ1) is 11.6. The lowest BCUT2D eigenvalue weighted by Gasteiger charge is -2.10. The topological polar surface area (TPSA) is 55.1 Å². The number of aromatic nitrogens is 1. The van der Waals surface area contributed by atoms with E-state index >= 15 is 0 Å². The van der Waals surface area contributed by atoms with Crippen LogP contribution in [0.5, 0.6) is 0 Å². The summed E-state index contributed by atoms with van der Waals surface area (Å²) in [4.78, 5) is 15.8. The van der Waals surface area contributed by atoms with Gasteiger partial charge in [-0.05, 0) is 30.3 Å². The van der Waals surface area contributed by atoms with Crippen molar-refractivity contribution in [2.24, 2.45) is 0 Å². The molecule has 0 bridgehead atoms. The van der Waals surface area contributed by atoms with Crippen molar-refractivity contribution >= 4 is 69.1 Å². The number of hydrogen-bond donors (Lipinski definition) is 1. The predicted octanol–water partition coefficient (Wildman–Crippen LogP) is 5.74. The third-order valence-electron chi connectivity index (χ3n) is 3.14. The summed E-state index contributed by atoms with van der Waals surface area (Å²) in [6.07, 6.45) is 0. The van der Waals surface area contributed by atoms with Crippen molar-refractivity contribution in [1.82, 2.24) is 4.98 Å². The van der Waals surface area contributed by atoms with E-state index in [1.165, 1.54) is 18.2 Å². The molecule has 4 nitrogen and oxygen atoms in total. The Bertz CT molecular complexity index is 986. The third-order valence-corrected chi connectivity index (χ3v) is 3.97. The number of anilines is 1. The summed E-state index contributed by atoms with van der Waals surface area (Å²) in [5.74, 6) is -3.02. The molecular formula is C15H6Cl4F2N2O2. The van der Waals surface area contributed by atoms with Gasteiger partial charge in [-0.15, -0.1) is 0 Å². The number of nitrogens with one attached hydrogen (secondary N) is 1. The van der Waals surface area contributed by atoms with Gasteiger partial charge in [0.2, 0.25) is 5.89 Å². The van der Waals surface area contributed by atoms with E-state index in [-0.39, 0.29) is 16.5 Å². The standard InChI is InChI=1S/C15H6Cl4F2N2O2/c16-8-5-10(21)9(20)4-7(8)13-23-11-3-6(1-2-12(11)25-13)22-14(24)15(17,18)19/h1-5H,(H,22,24). The zero-order valence-corrected chi connectivity index (χ0v) is 14.9. The first kappa shape index (κ1) is 18.2. The molecule has 1 aromatic heterocycles. The summed E-state index contributed by atoms with van der Waals surface area (Å²) in [5, 5.41) is 2.34. The highest BCUT2D eigenvalue weighted by Crippen LogP contribution is 2.33. The van der Waals surface area contributed by atoms with Crippen LogP contribution in [0.2, 0.25) is 5.02 Å². The molecule has 3 aromatic rings. The molecule has 3 rings (SSSR count). The van der Waals surface area contributed by atoms with Crippen LogP contribution in [0.15, 0.2) is 34.7 Å². The number of halogens is 6. The van der Waals surface area contributed by atoms with Crippen LogP contribution < -0.4 is 5.32 Å². The number of nitrogens with zero attached hydrogens (tertiary/aromatic N) is 1. The Labute approximate surface area is 159 Å². The van der Waals surface area contributed by atoms with Gasteiger partial charge in [0.25, 0.3) is 9.70 Å². The van der Waals surface area contributed by atoms with Crippen LogP contribution in [0.3, 0.4) is 0 Å². The summed E-state index contributed by atoms with van der Waals surface area (Å²) < 4.78 is 30.0. The zero-order chi connectivity index (χ0) is 18.4. The third kappa shape index (κ3) is 3.82. The number of benzene rings is 2.